The summed E-state index contributed by atoms with van der Waals surface area (Å²) in [5, 5.41) is 8.47. The Labute approximate surface area is 93.2 Å². The molecule has 0 heterocycles. The Morgan fingerprint density at radius 3 is 2.41 bits per heavy atom. The van der Waals surface area contributed by atoms with E-state index in [0.29, 0.717) is 6.07 Å². The van der Waals surface area contributed by atoms with Crippen LogP contribution in [-0.4, -0.2) is 13.1 Å². The molecule has 0 aliphatic heterocycles. The van der Waals surface area contributed by atoms with Gasteiger partial charge in [-0.3, -0.25) is 0 Å². The summed E-state index contributed by atoms with van der Waals surface area (Å²) in [5.74, 6) is -2.62. The Bertz CT molecular complexity index is 502. The fraction of sp³-hybridized carbons (Fsp3) is 0.200. The molecule has 1 rings (SSSR count). The molecule has 0 fully saturated rings. The van der Waals surface area contributed by atoms with E-state index in [-0.39, 0.29) is 6.07 Å². The van der Waals surface area contributed by atoms with Gasteiger partial charge in [0.2, 0.25) is 0 Å². The summed E-state index contributed by atoms with van der Waals surface area (Å²) < 4.78 is 54.7. The van der Waals surface area contributed by atoms with E-state index in [2.05, 4.69) is 4.74 Å². The average Bonchev–Trinajstić information content (AvgIpc) is 2.26. The van der Waals surface area contributed by atoms with Crippen molar-refractivity contribution in [3.8, 4) is 6.07 Å². The summed E-state index contributed by atoms with van der Waals surface area (Å²) in [7, 11) is 0.887. The smallest absolute Gasteiger partial charge is 0.417 e. The molecule has 0 amide bonds. The van der Waals surface area contributed by atoms with Crippen LogP contribution in [0.5, 0.6) is 0 Å². The molecule has 1 aromatic rings. The Hall–Kier alpha value is -2.10. The molecule has 1 aromatic carbocycles. The molecule has 0 saturated carbocycles. The average molecular weight is 247 g/mol. The van der Waals surface area contributed by atoms with Crippen LogP contribution in [0.25, 0.3) is 0 Å². The number of nitrogens with zero attached hydrogens (tertiary/aromatic N) is 1. The van der Waals surface area contributed by atoms with Crippen LogP contribution in [0.1, 0.15) is 21.5 Å². The Balaban J connectivity index is 3.54. The van der Waals surface area contributed by atoms with Crippen molar-refractivity contribution < 1.29 is 27.1 Å². The van der Waals surface area contributed by atoms with E-state index < -0.39 is 34.7 Å². The number of carbonyl (C=O) groups excluding carboxylic acids is 1. The standard InChI is InChI=1S/C10H5F4NO2/c1-17-9(16)6-2-5(4-15)8(11)3-7(6)10(12,13)14/h2-3H,1H3. The van der Waals surface area contributed by atoms with Crippen LogP contribution >= 0.6 is 0 Å². The summed E-state index contributed by atoms with van der Waals surface area (Å²) in [6.45, 7) is 0. The predicted octanol–water partition coefficient (Wildman–Crippen LogP) is 2.50. The zero-order valence-electron chi connectivity index (χ0n) is 8.43. The molecule has 0 atom stereocenters. The number of halogens is 4. The minimum Gasteiger partial charge on any atom is -0.465 e. The predicted molar refractivity (Wildman–Crippen MR) is 47.5 cm³/mol. The maximum atomic E-state index is 13.1. The molecule has 0 saturated heterocycles. The van der Waals surface area contributed by atoms with Gasteiger partial charge in [0, 0.05) is 0 Å². The largest absolute Gasteiger partial charge is 0.465 e. The second kappa shape index (κ2) is 4.41. The molecule has 0 spiro atoms. The quantitative estimate of drug-likeness (QED) is 0.566. The second-order valence-corrected chi connectivity index (χ2v) is 2.98. The van der Waals surface area contributed by atoms with Crippen LogP contribution in [0.3, 0.4) is 0 Å². The van der Waals surface area contributed by atoms with Gasteiger partial charge < -0.3 is 4.74 Å². The van der Waals surface area contributed by atoms with Crippen LogP contribution in [0.2, 0.25) is 0 Å². The zero-order chi connectivity index (χ0) is 13.2. The molecule has 0 radical (unpaired) electrons. The first-order chi connectivity index (χ1) is 7.81. The normalized spacial score (nSPS) is 10.8. The van der Waals surface area contributed by atoms with Crippen LogP contribution < -0.4 is 0 Å². The first kappa shape index (κ1) is 13.0. The molecule has 0 aliphatic rings. The van der Waals surface area contributed by atoms with Gasteiger partial charge in [-0.25, -0.2) is 9.18 Å². The van der Waals surface area contributed by atoms with E-state index >= 15 is 0 Å². The summed E-state index contributed by atoms with van der Waals surface area (Å²) in [4.78, 5) is 11.1. The number of esters is 1. The molecular weight excluding hydrogens is 242 g/mol. The Kier molecular flexibility index (Phi) is 3.36. The third-order valence-electron chi connectivity index (χ3n) is 1.94. The van der Waals surface area contributed by atoms with Gasteiger partial charge in [0.05, 0.1) is 23.8 Å². The number of nitriles is 1. The minimum atomic E-state index is -4.90. The van der Waals surface area contributed by atoms with Gasteiger partial charge in [-0.2, -0.15) is 18.4 Å². The molecule has 0 aliphatic carbocycles. The SMILES string of the molecule is COC(=O)c1cc(C#N)c(F)cc1C(F)(F)F. The van der Waals surface area contributed by atoms with Crippen molar-refractivity contribution in [2.75, 3.05) is 7.11 Å². The summed E-state index contributed by atoms with van der Waals surface area (Å²) in [6.07, 6.45) is -4.90. The van der Waals surface area contributed by atoms with Gasteiger partial charge >= 0.3 is 12.1 Å². The van der Waals surface area contributed by atoms with E-state index in [0.717, 1.165) is 7.11 Å². The van der Waals surface area contributed by atoms with Crippen molar-refractivity contribution in [1.29, 1.82) is 5.26 Å². The van der Waals surface area contributed by atoms with E-state index in [1.807, 2.05) is 0 Å². The van der Waals surface area contributed by atoms with Crippen LogP contribution in [-0.2, 0) is 10.9 Å². The van der Waals surface area contributed by atoms with E-state index in [9.17, 15) is 22.4 Å². The molecule has 90 valence electrons. The summed E-state index contributed by atoms with van der Waals surface area (Å²) >= 11 is 0. The van der Waals surface area contributed by atoms with Gasteiger partial charge in [0.15, 0.2) is 0 Å². The molecule has 0 bridgehead atoms. The number of ether oxygens (including phenoxy) is 1. The molecule has 7 heteroatoms. The molecular formula is C10H5F4NO2. The fourth-order valence-corrected chi connectivity index (χ4v) is 1.17. The lowest BCUT2D eigenvalue weighted by Gasteiger charge is -2.11. The number of benzene rings is 1. The maximum Gasteiger partial charge on any atom is 0.417 e. The summed E-state index contributed by atoms with van der Waals surface area (Å²) in [6, 6.07) is 1.96. The lowest BCUT2D eigenvalue weighted by molar-refractivity contribution is -0.138. The van der Waals surface area contributed by atoms with E-state index in [1.165, 1.54) is 6.07 Å². The number of hydrogen-bond donors (Lipinski definition) is 0. The molecule has 17 heavy (non-hydrogen) atoms. The molecule has 0 N–H and O–H groups in total. The number of alkyl halides is 3. The van der Waals surface area contributed by atoms with Crippen molar-refractivity contribution in [3.05, 3.63) is 34.6 Å². The Morgan fingerprint density at radius 2 is 2.00 bits per heavy atom. The number of methoxy groups -OCH3 is 1. The van der Waals surface area contributed by atoms with Crippen LogP contribution in [0, 0.1) is 17.1 Å². The third kappa shape index (κ3) is 2.53. The minimum absolute atomic E-state index is 0.102. The lowest BCUT2D eigenvalue weighted by atomic mass is 10.0. The second-order valence-electron chi connectivity index (χ2n) is 2.98. The van der Waals surface area contributed by atoms with E-state index in [1.54, 1.807) is 0 Å². The summed E-state index contributed by atoms with van der Waals surface area (Å²) in [5.41, 5.74) is -3.02. The highest BCUT2D eigenvalue weighted by Gasteiger charge is 2.36. The van der Waals surface area contributed by atoms with Gasteiger partial charge in [0.1, 0.15) is 11.9 Å². The number of hydrogen-bond acceptors (Lipinski definition) is 3. The van der Waals surface area contributed by atoms with Crippen molar-refractivity contribution in [2.45, 2.75) is 6.18 Å². The highest BCUT2D eigenvalue weighted by molar-refractivity contribution is 5.91. The van der Waals surface area contributed by atoms with Gasteiger partial charge in [-0.1, -0.05) is 0 Å². The maximum absolute atomic E-state index is 13.1. The lowest BCUT2D eigenvalue weighted by Crippen LogP contribution is -2.15. The number of rotatable bonds is 1. The molecule has 0 unspecified atom stereocenters. The highest BCUT2D eigenvalue weighted by atomic mass is 19.4. The molecule has 0 aromatic heterocycles. The van der Waals surface area contributed by atoms with Gasteiger partial charge in [-0.05, 0) is 12.1 Å². The highest BCUT2D eigenvalue weighted by Crippen LogP contribution is 2.33. The van der Waals surface area contributed by atoms with Crippen LogP contribution in [0.4, 0.5) is 17.6 Å². The monoisotopic (exact) mass is 247 g/mol. The third-order valence-corrected chi connectivity index (χ3v) is 1.94. The van der Waals surface area contributed by atoms with Crippen molar-refractivity contribution in [2.24, 2.45) is 0 Å². The van der Waals surface area contributed by atoms with E-state index in [4.69, 9.17) is 5.26 Å². The topological polar surface area (TPSA) is 50.1 Å². The fourth-order valence-electron chi connectivity index (χ4n) is 1.17. The first-order valence-corrected chi connectivity index (χ1v) is 4.20. The zero-order valence-corrected chi connectivity index (χ0v) is 8.43. The van der Waals surface area contributed by atoms with Crippen molar-refractivity contribution in [3.63, 3.8) is 0 Å². The number of carbonyl (C=O) groups is 1. The Morgan fingerprint density at radius 1 is 1.41 bits per heavy atom. The van der Waals surface area contributed by atoms with Crippen LogP contribution in [0.15, 0.2) is 12.1 Å². The van der Waals surface area contributed by atoms with Gasteiger partial charge in [0.25, 0.3) is 0 Å². The van der Waals surface area contributed by atoms with Crippen molar-refractivity contribution >= 4 is 5.97 Å². The van der Waals surface area contributed by atoms with Gasteiger partial charge in [-0.15, -0.1) is 0 Å². The first-order valence-electron chi connectivity index (χ1n) is 4.20. The van der Waals surface area contributed by atoms with Crippen molar-refractivity contribution in [1.82, 2.24) is 0 Å². The molecule has 3 nitrogen and oxygen atoms in total.